The Hall–Kier alpha value is -1.66. The van der Waals surface area contributed by atoms with Crippen molar-refractivity contribution < 1.29 is 4.79 Å². The van der Waals surface area contributed by atoms with E-state index >= 15 is 0 Å². The molecule has 0 saturated carbocycles. The number of aromatic amines is 1. The van der Waals surface area contributed by atoms with Crippen LogP contribution in [0, 0.1) is 0 Å². The van der Waals surface area contributed by atoms with Crippen LogP contribution in [0.25, 0.3) is 10.9 Å². The zero-order valence-electron chi connectivity index (χ0n) is 10.2. The van der Waals surface area contributed by atoms with Crippen LogP contribution in [0.5, 0.6) is 0 Å². The van der Waals surface area contributed by atoms with Crippen molar-refractivity contribution in [1.82, 2.24) is 10.3 Å². The molecule has 19 heavy (non-hydrogen) atoms. The Bertz CT molecular complexity index is 666. The molecule has 0 aliphatic rings. The summed E-state index contributed by atoms with van der Waals surface area (Å²) < 4.78 is 0.871. The number of halogens is 1. The van der Waals surface area contributed by atoms with Crippen LogP contribution in [-0.2, 0) is 0 Å². The molecule has 0 radical (unpaired) electrons. The minimum atomic E-state index is -0.375. The lowest BCUT2D eigenvalue weighted by Gasteiger charge is -2.05. The lowest BCUT2D eigenvalue weighted by molar-refractivity contribution is 0.0952. The van der Waals surface area contributed by atoms with Crippen LogP contribution in [0.4, 0.5) is 0 Å². The Morgan fingerprint density at radius 1 is 1.42 bits per heavy atom. The number of amides is 1. The normalized spacial score (nSPS) is 10.6. The van der Waals surface area contributed by atoms with Gasteiger partial charge in [-0.05, 0) is 31.2 Å². The van der Waals surface area contributed by atoms with E-state index in [0.717, 1.165) is 4.47 Å². The number of nitrogens with one attached hydrogen (secondary N) is 2. The summed E-state index contributed by atoms with van der Waals surface area (Å²) in [6.07, 6.45) is 2.12. The first-order valence-electron chi connectivity index (χ1n) is 5.92. The number of fused-ring (bicyclic) bond motifs is 1. The number of hydrogen-bond donors (Lipinski definition) is 3. The molecule has 0 bridgehead atoms. The van der Waals surface area contributed by atoms with Crippen molar-refractivity contribution in [3.8, 4) is 0 Å². The van der Waals surface area contributed by atoms with Crippen LogP contribution in [0.15, 0.2) is 33.7 Å². The molecular formula is C13H14BrN3O2. The maximum absolute atomic E-state index is 12.2. The number of pyridine rings is 1. The third-order valence-electron chi connectivity index (χ3n) is 2.75. The minimum Gasteiger partial charge on any atom is -0.360 e. The van der Waals surface area contributed by atoms with Crippen molar-refractivity contribution in [3.63, 3.8) is 0 Å². The molecule has 5 nitrogen and oxygen atoms in total. The predicted molar refractivity (Wildman–Crippen MR) is 78.3 cm³/mol. The largest absolute Gasteiger partial charge is 0.360 e. The van der Waals surface area contributed by atoms with E-state index in [0.29, 0.717) is 30.4 Å². The third-order valence-corrected chi connectivity index (χ3v) is 3.25. The second-order valence-corrected chi connectivity index (χ2v) is 5.04. The monoisotopic (exact) mass is 323 g/mol. The second-order valence-electron chi connectivity index (χ2n) is 4.12. The van der Waals surface area contributed by atoms with Gasteiger partial charge in [0, 0.05) is 22.6 Å². The summed E-state index contributed by atoms with van der Waals surface area (Å²) in [5, 5.41) is 3.16. The molecule has 0 atom stereocenters. The van der Waals surface area contributed by atoms with Crippen LogP contribution in [0.3, 0.4) is 0 Å². The summed E-state index contributed by atoms with van der Waals surface area (Å²) in [7, 11) is 0. The lowest BCUT2D eigenvalue weighted by atomic mass is 10.1. The van der Waals surface area contributed by atoms with Gasteiger partial charge in [0.05, 0.1) is 5.52 Å². The highest BCUT2D eigenvalue weighted by atomic mass is 79.9. The van der Waals surface area contributed by atoms with Crippen molar-refractivity contribution in [3.05, 3.63) is 44.7 Å². The summed E-state index contributed by atoms with van der Waals surface area (Å²) in [5.41, 5.74) is 5.89. The van der Waals surface area contributed by atoms with Crippen LogP contribution in [0.2, 0.25) is 0 Å². The van der Waals surface area contributed by atoms with Crippen LogP contribution in [0.1, 0.15) is 16.8 Å². The second kappa shape index (κ2) is 5.99. The Morgan fingerprint density at radius 2 is 2.21 bits per heavy atom. The van der Waals surface area contributed by atoms with E-state index in [4.69, 9.17) is 5.73 Å². The van der Waals surface area contributed by atoms with Crippen molar-refractivity contribution in [2.45, 2.75) is 6.42 Å². The van der Waals surface area contributed by atoms with Gasteiger partial charge in [-0.1, -0.05) is 15.9 Å². The molecule has 0 unspecified atom stereocenters. The van der Waals surface area contributed by atoms with Gasteiger partial charge in [0.15, 0.2) is 0 Å². The average Bonchev–Trinajstić information content (AvgIpc) is 2.39. The fourth-order valence-electron chi connectivity index (χ4n) is 1.76. The van der Waals surface area contributed by atoms with E-state index in [9.17, 15) is 9.59 Å². The van der Waals surface area contributed by atoms with E-state index < -0.39 is 0 Å². The molecule has 1 aromatic heterocycles. The van der Waals surface area contributed by atoms with Gasteiger partial charge >= 0.3 is 0 Å². The van der Waals surface area contributed by atoms with Gasteiger partial charge in [0.1, 0.15) is 5.56 Å². The van der Waals surface area contributed by atoms with Crippen molar-refractivity contribution in [1.29, 1.82) is 0 Å². The zero-order chi connectivity index (χ0) is 13.8. The number of benzene rings is 1. The fraction of sp³-hybridized carbons (Fsp3) is 0.231. The highest BCUT2D eigenvalue weighted by Crippen LogP contribution is 2.15. The van der Waals surface area contributed by atoms with Crippen molar-refractivity contribution >= 4 is 32.7 Å². The Kier molecular flexibility index (Phi) is 4.34. The molecule has 6 heteroatoms. The molecule has 0 spiro atoms. The Morgan fingerprint density at radius 3 is 2.95 bits per heavy atom. The quantitative estimate of drug-likeness (QED) is 0.742. The van der Waals surface area contributed by atoms with Gasteiger partial charge in [-0.25, -0.2) is 0 Å². The smallest absolute Gasteiger partial charge is 0.256 e. The SMILES string of the molecule is NCCCNC(=O)c1c[nH]c2cc(Br)ccc2c1=O. The van der Waals surface area contributed by atoms with Gasteiger partial charge in [0.25, 0.3) is 5.91 Å². The molecule has 2 rings (SSSR count). The summed E-state index contributed by atoms with van der Waals surface area (Å²) in [5.74, 6) is -0.375. The third kappa shape index (κ3) is 3.02. The van der Waals surface area contributed by atoms with Gasteiger partial charge in [0.2, 0.25) is 5.43 Å². The molecule has 0 aliphatic carbocycles. The summed E-state index contributed by atoms with van der Waals surface area (Å²) in [6.45, 7) is 0.968. The van der Waals surface area contributed by atoms with Gasteiger partial charge in [-0.3, -0.25) is 9.59 Å². The maximum atomic E-state index is 12.2. The first-order valence-corrected chi connectivity index (χ1v) is 6.72. The molecule has 4 N–H and O–H groups in total. The number of hydrogen-bond acceptors (Lipinski definition) is 3. The number of aromatic nitrogens is 1. The van der Waals surface area contributed by atoms with E-state index in [1.165, 1.54) is 6.20 Å². The van der Waals surface area contributed by atoms with Crippen LogP contribution in [-0.4, -0.2) is 24.0 Å². The van der Waals surface area contributed by atoms with E-state index in [-0.39, 0.29) is 16.9 Å². The minimum absolute atomic E-state index is 0.117. The molecule has 1 amide bonds. The highest BCUT2D eigenvalue weighted by molar-refractivity contribution is 9.10. The summed E-state index contributed by atoms with van der Waals surface area (Å²) >= 11 is 3.33. The first kappa shape index (κ1) is 13.8. The molecule has 0 aliphatic heterocycles. The zero-order valence-corrected chi connectivity index (χ0v) is 11.8. The number of H-pyrrole nitrogens is 1. The topological polar surface area (TPSA) is 88.0 Å². The van der Waals surface area contributed by atoms with E-state index in [1.807, 2.05) is 0 Å². The summed E-state index contributed by atoms with van der Waals surface area (Å²) in [6, 6.07) is 5.26. The maximum Gasteiger partial charge on any atom is 0.256 e. The number of carbonyl (C=O) groups excluding carboxylic acids is 1. The van der Waals surface area contributed by atoms with Gasteiger partial charge < -0.3 is 16.0 Å². The van der Waals surface area contributed by atoms with Gasteiger partial charge in [-0.15, -0.1) is 0 Å². The summed E-state index contributed by atoms with van der Waals surface area (Å²) in [4.78, 5) is 27.0. The lowest BCUT2D eigenvalue weighted by Crippen LogP contribution is -2.30. The molecule has 1 heterocycles. The molecule has 1 aromatic carbocycles. The fourth-order valence-corrected chi connectivity index (χ4v) is 2.12. The molecule has 100 valence electrons. The molecule has 0 fully saturated rings. The predicted octanol–water partition coefficient (Wildman–Crippen LogP) is 1.37. The number of carbonyl (C=O) groups is 1. The van der Waals surface area contributed by atoms with Gasteiger partial charge in [-0.2, -0.15) is 0 Å². The van der Waals surface area contributed by atoms with Crippen LogP contribution < -0.4 is 16.5 Å². The first-order chi connectivity index (χ1) is 9.13. The standard InChI is InChI=1S/C13H14BrN3O2/c14-8-2-3-9-11(6-8)17-7-10(12(9)18)13(19)16-5-1-4-15/h2-3,6-7H,1,4-5,15H2,(H,16,19)(H,17,18). The van der Waals surface area contributed by atoms with Crippen molar-refractivity contribution in [2.24, 2.45) is 5.73 Å². The van der Waals surface area contributed by atoms with Crippen molar-refractivity contribution in [2.75, 3.05) is 13.1 Å². The highest BCUT2D eigenvalue weighted by Gasteiger charge is 2.12. The average molecular weight is 324 g/mol. The molecule has 0 saturated heterocycles. The van der Waals surface area contributed by atoms with E-state index in [2.05, 4.69) is 26.2 Å². The molecule has 2 aromatic rings. The Balaban J connectivity index is 2.35. The number of rotatable bonds is 4. The van der Waals surface area contributed by atoms with E-state index in [1.54, 1.807) is 18.2 Å². The van der Waals surface area contributed by atoms with Crippen LogP contribution >= 0.6 is 15.9 Å². The Labute approximate surface area is 118 Å². The molecular weight excluding hydrogens is 310 g/mol. The number of nitrogens with two attached hydrogens (primary N) is 1.